The lowest BCUT2D eigenvalue weighted by Crippen LogP contribution is -2.21. The molecule has 3 aromatic carbocycles. The average molecular weight is 382 g/mol. The zero-order chi connectivity index (χ0) is 19.5. The first-order valence-corrected chi connectivity index (χ1v) is 11.3. The van der Waals surface area contributed by atoms with Gasteiger partial charge in [0.2, 0.25) is 0 Å². The summed E-state index contributed by atoms with van der Waals surface area (Å²) in [6.07, 6.45) is 6.37. The van der Waals surface area contributed by atoms with Crippen LogP contribution in [-0.2, 0) is 12.8 Å². The van der Waals surface area contributed by atoms with Gasteiger partial charge in [-0.05, 0) is 84.8 Å². The summed E-state index contributed by atoms with van der Waals surface area (Å²) in [5, 5.41) is 3.62. The van der Waals surface area contributed by atoms with E-state index in [0.29, 0.717) is 11.8 Å². The molecule has 3 aromatic rings. The summed E-state index contributed by atoms with van der Waals surface area (Å²) in [5.74, 6) is 1.96. The Morgan fingerprint density at radius 1 is 0.724 bits per heavy atom. The van der Waals surface area contributed by atoms with E-state index in [2.05, 4.69) is 84.2 Å². The molecule has 0 aliphatic heterocycles. The number of nitrogens with one attached hydrogen (secondary N) is 1. The van der Waals surface area contributed by atoms with Gasteiger partial charge in [0.05, 0.1) is 0 Å². The monoisotopic (exact) mass is 381 g/mol. The van der Waals surface area contributed by atoms with Gasteiger partial charge >= 0.3 is 0 Å². The van der Waals surface area contributed by atoms with Crippen LogP contribution >= 0.6 is 0 Å². The van der Waals surface area contributed by atoms with Crippen molar-refractivity contribution in [1.82, 2.24) is 5.32 Å². The molecule has 1 saturated carbocycles. The van der Waals surface area contributed by atoms with E-state index in [4.69, 9.17) is 0 Å². The van der Waals surface area contributed by atoms with Crippen molar-refractivity contribution in [3.63, 3.8) is 0 Å². The van der Waals surface area contributed by atoms with Crippen LogP contribution in [0.3, 0.4) is 0 Å². The van der Waals surface area contributed by atoms with Crippen LogP contribution in [-0.4, -0.2) is 13.1 Å². The molecule has 0 heterocycles. The molecule has 29 heavy (non-hydrogen) atoms. The summed E-state index contributed by atoms with van der Waals surface area (Å²) in [6.45, 7) is 2.30. The van der Waals surface area contributed by atoms with Gasteiger partial charge < -0.3 is 5.32 Å². The van der Waals surface area contributed by atoms with E-state index in [1.54, 1.807) is 0 Å². The van der Waals surface area contributed by atoms with Crippen molar-refractivity contribution in [2.75, 3.05) is 13.1 Å². The molecule has 1 fully saturated rings. The molecule has 148 valence electrons. The van der Waals surface area contributed by atoms with E-state index < -0.39 is 0 Å². The quantitative estimate of drug-likeness (QED) is 0.488. The summed E-state index contributed by atoms with van der Waals surface area (Å²) in [7, 11) is 0. The number of benzene rings is 3. The summed E-state index contributed by atoms with van der Waals surface area (Å²) < 4.78 is 0. The SMILES string of the molecule is c1ccc(C2CCc3ccccc3C2c2ccc(CCNCC3CC3)cc2)cc1. The number of fused-ring (bicyclic) bond motifs is 1. The molecule has 0 saturated heterocycles. The third-order valence-electron chi connectivity index (χ3n) is 6.80. The van der Waals surface area contributed by atoms with Gasteiger partial charge in [-0.3, -0.25) is 0 Å². The van der Waals surface area contributed by atoms with E-state index in [-0.39, 0.29) is 0 Å². The second-order valence-electron chi connectivity index (χ2n) is 8.87. The van der Waals surface area contributed by atoms with Gasteiger partial charge in [-0.2, -0.15) is 0 Å². The first-order valence-electron chi connectivity index (χ1n) is 11.3. The molecule has 2 aliphatic rings. The standard InChI is InChI=1S/C28H31N/c1-2-6-23(7-3-1)27-17-16-24-8-4-5-9-26(24)28(27)25-14-12-21(13-15-25)18-19-29-20-22-10-11-22/h1-9,12-15,22,27-29H,10-11,16-20H2. The van der Waals surface area contributed by atoms with Gasteiger partial charge in [-0.1, -0.05) is 78.9 Å². The molecule has 1 nitrogen and oxygen atoms in total. The first-order chi connectivity index (χ1) is 14.4. The van der Waals surface area contributed by atoms with E-state index in [0.717, 1.165) is 18.9 Å². The Morgan fingerprint density at radius 3 is 2.28 bits per heavy atom. The minimum Gasteiger partial charge on any atom is -0.316 e. The highest BCUT2D eigenvalue weighted by Crippen LogP contribution is 2.46. The Balaban J connectivity index is 1.38. The molecule has 5 rings (SSSR count). The largest absolute Gasteiger partial charge is 0.316 e. The van der Waals surface area contributed by atoms with Crippen LogP contribution < -0.4 is 5.32 Å². The van der Waals surface area contributed by atoms with Crippen LogP contribution in [0.1, 0.15) is 58.9 Å². The molecule has 0 radical (unpaired) electrons. The zero-order valence-electron chi connectivity index (χ0n) is 17.2. The first kappa shape index (κ1) is 18.6. The summed E-state index contributed by atoms with van der Waals surface area (Å²) in [6, 6.07) is 29.7. The molecule has 0 amide bonds. The predicted molar refractivity (Wildman–Crippen MR) is 122 cm³/mol. The fourth-order valence-corrected chi connectivity index (χ4v) is 4.98. The minimum absolute atomic E-state index is 0.449. The summed E-state index contributed by atoms with van der Waals surface area (Å²) in [5.41, 5.74) is 7.42. The number of rotatable bonds is 7. The molecule has 2 atom stereocenters. The van der Waals surface area contributed by atoms with Crippen molar-refractivity contribution >= 4 is 0 Å². The molecule has 0 bridgehead atoms. The smallest absolute Gasteiger partial charge is 0.0161 e. The molecular formula is C28H31N. The van der Waals surface area contributed by atoms with Crippen LogP contribution in [0.5, 0.6) is 0 Å². The molecule has 1 heteroatoms. The third kappa shape index (κ3) is 4.31. The second-order valence-corrected chi connectivity index (χ2v) is 8.87. The van der Waals surface area contributed by atoms with Crippen molar-refractivity contribution in [1.29, 1.82) is 0 Å². The van der Waals surface area contributed by atoms with E-state index in [9.17, 15) is 0 Å². The maximum Gasteiger partial charge on any atom is 0.0161 e. The fourth-order valence-electron chi connectivity index (χ4n) is 4.98. The third-order valence-corrected chi connectivity index (χ3v) is 6.80. The number of aryl methyl sites for hydroxylation is 1. The molecule has 0 aromatic heterocycles. The number of hydrogen-bond donors (Lipinski definition) is 1. The van der Waals surface area contributed by atoms with E-state index in [1.807, 2.05) is 0 Å². The van der Waals surface area contributed by atoms with Crippen molar-refractivity contribution < 1.29 is 0 Å². The Hall–Kier alpha value is -2.38. The van der Waals surface area contributed by atoms with Gasteiger partial charge in [0.1, 0.15) is 0 Å². The van der Waals surface area contributed by atoms with Gasteiger partial charge in [-0.15, -0.1) is 0 Å². The maximum absolute atomic E-state index is 3.62. The highest BCUT2D eigenvalue weighted by atomic mass is 14.9. The average Bonchev–Trinajstić information content (AvgIpc) is 3.62. The number of hydrogen-bond acceptors (Lipinski definition) is 1. The fraction of sp³-hybridized carbons (Fsp3) is 0.357. The molecule has 1 N–H and O–H groups in total. The van der Waals surface area contributed by atoms with Crippen LogP contribution in [0.2, 0.25) is 0 Å². The van der Waals surface area contributed by atoms with E-state index in [1.165, 1.54) is 60.0 Å². The zero-order valence-corrected chi connectivity index (χ0v) is 17.2. The Morgan fingerprint density at radius 2 is 1.48 bits per heavy atom. The highest BCUT2D eigenvalue weighted by molar-refractivity contribution is 5.45. The molecule has 2 aliphatic carbocycles. The van der Waals surface area contributed by atoms with Crippen LogP contribution in [0.4, 0.5) is 0 Å². The molecular weight excluding hydrogens is 350 g/mol. The summed E-state index contributed by atoms with van der Waals surface area (Å²) in [4.78, 5) is 0. The highest BCUT2D eigenvalue weighted by Gasteiger charge is 2.31. The van der Waals surface area contributed by atoms with Crippen LogP contribution in [0, 0.1) is 5.92 Å². The Bertz CT molecular complexity index is 924. The normalized spacial score (nSPS) is 21.0. The Labute approximate surface area is 175 Å². The van der Waals surface area contributed by atoms with Gasteiger partial charge in [0.15, 0.2) is 0 Å². The van der Waals surface area contributed by atoms with Crippen LogP contribution in [0.25, 0.3) is 0 Å². The topological polar surface area (TPSA) is 12.0 Å². The van der Waals surface area contributed by atoms with Gasteiger partial charge in [-0.25, -0.2) is 0 Å². The van der Waals surface area contributed by atoms with E-state index >= 15 is 0 Å². The molecule has 0 spiro atoms. The van der Waals surface area contributed by atoms with Crippen molar-refractivity contribution in [3.05, 3.63) is 107 Å². The lowest BCUT2D eigenvalue weighted by atomic mass is 9.69. The lowest BCUT2D eigenvalue weighted by Gasteiger charge is -2.34. The Kier molecular flexibility index (Phi) is 5.49. The minimum atomic E-state index is 0.449. The van der Waals surface area contributed by atoms with Gasteiger partial charge in [0, 0.05) is 5.92 Å². The second kappa shape index (κ2) is 8.55. The van der Waals surface area contributed by atoms with Crippen molar-refractivity contribution in [3.8, 4) is 0 Å². The van der Waals surface area contributed by atoms with Gasteiger partial charge in [0.25, 0.3) is 0 Å². The lowest BCUT2D eigenvalue weighted by molar-refractivity contribution is 0.524. The summed E-state index contributed by atoms with van der Waals surface area (Å²) >= 11 is 0. The molecule has 2 unspecified atom stereocenters. The van der Waals surface area contributed by atoms with Crippen molar-refractivity contribution in [2.45, 2.75) is 43.9 Å². The van der Waals surface area contributed by atoms with Crippen LogP contribution in [0.15, 0.2) is 78.9 Å². The van der Waals surface area contributed by atoms with Crippen molar-refractivity contribution in [2.24, 2.45) is 5.92 Å². The predicted octanol–water partition coefficient (Wildman–Crippen LogP) is 6.09. The maximum atomic E-state index is 3.62.